The van der Waals surface area contributed by atoms with Gasteiger partial charge < -0.3 is 14.5 Å². The quantitative estimate of drug-likeness (QED) is 0.543. The number of hydrogen-bond acceptors (Lipinski definition) is 6. The number of aromatic nitrogens is 1. The number of anilines is 1. The molecule has 8 heteroatoms. The van der Waals surface area contributed by atoms with Crippen molar-refractivity contribution in [2.45, 2.75) is 13.8 Å². The van der Waals surface area contributed by atoms with Crippen molar-refractivity contribution in [2.75, 3.05) is 5.32 Å². The molecule has 0 fully saturated rings. The maximum Gasteiger partial charge on any atom is 0.433 e. The maximum atomic E-state index is 12.3. The zero-order chi connectivity index (χ0) is 18.7. The normalized spacial score (nSPS) is 10.4. The summed E-state index contributed by atoms with van der Waals surface area (Å²) < 4.78 is 10.7. The van der Waals surface area contributed by atoms with E-state index in [1.165, 1.54) is 12.3 Å². The summed E-state index contributed by atoms with van der Waals surface area (Å²) in [5.74, 6) is -0.508. The molecule has 0 unspecified atom stereocenters. The van der Waals surface area contributed by atoms with Crippen LogP contribution in [0.1, 0.15) is 21.7 Å². The number of benzene rings is 1. The predicted octanol–water partition coefficient (Wildman–Crippen LogP) is 4.24. The third-order valence-electron chi connectivity index (χ3n) is 3.78. The molecular formula is C18H15N3O5. The van der Waals surface area contributed by atoms with Crippen LogP contribution in [0.3, 0.4) is 0 Å². The van der Waals surface area contributed by atoms with E-state index in [0.717, 1.165) is 17.2 Å². The molecule has 0 aliphatic heterocycles. The molecular weight excluding hydrogens is 338 g/mol. The van der Waals surface area contributed by atoms with E-state index in [2.05, 4.69) is 10.3 Å². The van der Waals surface area contributed by atoms with Crippen molar-refractivity contribution in [3.63, 3.8) is 0 Å². The van der Waals surface area contributed by atoms with Crippen LogP contribution < -0.4 is 10.1 Å². The van der Waals surface area contributed by atoms with E-state index in [4.69, 9.17) is 9.15 Å². The zero-order valence-electron chi connectivity index (χ0n) is 14.1. The fourth-order valence-corrected chi connectivity index (χ4v) is 2.24. The first kappa shape index (κ1) is 17.2. The summed E-state index contributed by atoms with van der Waals surface area (Å²) in [6, 6.07) is 11.2. The van der Waals surface area contributed by atoms with Crippen LogP contribution in [0.2, 0.25) is 0 Å². The largest absolute Gasteiger partial charge is 0.437 e. The Balaban J connectivity index is 1.83. The van der Waals surface area contributed by atoms with E-state index >= 15 is 0 Å². The first-order valence-corrected chi connectivity index (χ1v) is 7.70. The monoisotopic (exact) mass is 353 g/mol. The van der Waals surface area contributed by atoms with Crippen molar-refractivity contribution in [2.24, 2.45) is 0 Å². The van der Waals surface area contributed by atoms with Gasteiger partial charge in [-0.15, -0.1) is 0 Å². The predicted molar refractivity (Wildman–Crippen MR) is 93.5 cm³/mol. The number of nitro groups is 1. The third-order valence-corrected chi connectivity index (χ3v) is 3.78. The van der Waals surface area contributed by atoms with Crippen molar-refractivity contribution in [1.29, 1.82) is 0 Å². The summed E-state index contributed by atoms with van der Waals surface area (Å²) in [5.41, 5.74) is 2.33. The first-order chi connectivity index (χ1) is 12.5. The van der Waals surface area contributed by atoms with Gasteiger partial charge in [-0.1, -0.05) is 12.1 Å². The van der Waals surface area contributed by atoms with Crippen LogP contribution in [0.15, 0.2) is 53.1 Å². The molecule has 0 spiro atoms. The molecule has 0 bridgehead atoms. The molecule has 3 rings (SSSR count). The molecule has 0 aliphatic rings. The lowest BCUT2D eigenvalue weighted by Crippen LogP contribution is -2.12. The number of rotatable bonds is 5. The highest BCUT2D eigenvalue weighted by molar-refractivity contribution is 6.03. The second kappa shape index (κ2) is 7.06. The SMILES string of the molecule is Cc1cccc(Oc2ncccc2NC(=O)c2ccc([N+](=O)[O-])o2)c1C. The Hall–Kier alpha value is -3.68. The van der Waals surface area contributed by atoms with Gasteiger partial charge >= 0.3 is 5.88 Å². The molecule has 8 nitrogen and oxygen atoms in total. The van der Waals surface area contributed by atoms with E-state index in [1.54, 1.807) is 18.2 Å². The van der Waals surface area contributed by atoms with Crippen LogP contribution in [0.5, 0.6) is 11.6 Å². The van der Waals surface area contributed by atoms with Crippen LogP contribution >= 0.6 is 0 Å². The second-order valence-corrected chi connectivity index (χ2v) is 5.51. The molecule has 0 radical (unpaired) electrons. The number of ether oxygens (including phenoxy) is 1. The Kier molecular flexibility index (Phi) is 4.66. The molecule has 3 aromatic rings. The molecule has 2 heterocycles. The number of carbonyl (C=O) groups excluding carboxylic acids is 1. The average Bonchev–Trinajstić information content (AvgIpc) is 3.11. The van der Waals surface area contributed by atoms with Gasteiger partial charge in [-0.05, 0) is 49.2 Å². The van der Waals surface area contributed by atoms with Crippen molar-refractivity contribution in [3.05, 3.63) is 75.7 Å². The molecule has 26 heavy (non-hydrogen) atoms. The minimum Gasteiger partial charge on any atom is -0.437 e. The van der Waals surface area contributed by atoms with Gasteiger partial charge in [0.05, 0.1) is 6.07 Å². The van der Waals surface area contributed by atoms with Gasteiger partial charge in [0.15, 0.2) is 5.76 Å². The van der Waals surface area contributed by atoms with Crippen LogP contribution in [0.4, 0.5) is 11.6 Å². The maximum absolute atomic E-state index is 12.3. The lowest BCUT2D eigenvalue weighted by molar-refractivity contribution is -0.402. The van der Waals surface area contributed by atoms with E-state index in [0.29, 0.717) is 11.4 Å². The Morgan fingerprint density at radius 3 is 2.73 bits per heavy atom. The van der Waals surface area contributed by atoms with Gasteiger partial charge in [0.1, 0.15) is 16.4 Å². The van der Waals surface area contributed by atoms with Gasteiger partial charge in [-0.2, -0.15) is 0 Å². The lowest BCUT2D eigenvalue weighted by atomic mass is 10.1. The van der Waals surface area contributed by atoms with Crippen LogP contribution in [0.25, 0.3) is 0 Å². The summed E-state index contributed by atoms with van der Waals surface area (Å²) in [7, 11) is 0. The van der Waals surface area contributed by atoms with E-state index in [1.807, 2.05) is 26.0 Å². The number of nitrogens with zero attached hydrogens (tertiary/aromatic N) is 2. The number of nitrogens with one attached hydrogen (secondary N) is 1. The van der Waals surface area contributed by atoms with Gasteiger partial charge in [-0.25, -0.2) is 4.98 Å². The Morgan fingerprint density at radius 1 is 1.19 bits per heavy atom. The number of hydrogen-bond donors (Lipinski definition) is 1. The Morgan fingerprint density at radius 2 is 2.00 bits per heavy atom. The minimum absolute atomic E-state index is 0.182. The van der Waals surface area contributed by atoms with E-state index in [-0.39, 0.29) is 11.6 Å². The number of carbonyl (C=O) groups is 1. The number of pyridine rings is 1. The standard InChI is InChI=1S/C18H15N3O5/c1-11-5-3-7-14(12(11)2)26-18-13(6-4-10-19-18)20-17(22)15-8-9-16(25-15)21(23)24/h3-10H,1-2H3,(H,20,22). The topological polar surface area (TPSA) is 108 Å². The van der Waals surface area contributed by atoms with Crippen molar-refractivity contribution < 1.29 is 18.9 Å². The smallest absolute Gasteiger partial charge is 0.433 e. The summed E-state index contributed by atoms with van der Waals surface area (Å²) in [5, 5.41) is 13.3. The van der Waals surface area contributed by atoms with Gasteiger partial charge in [-0.3, -0.25) is 14.9 Å². The number of aryl methyl sites for hydroxylation is 1. The molecule has 0 aliphatic carbocycles. The Labute approximate surface area is 148 Å². The van der Waals surface area contributed by atoms with Crippen LogP contribution in [0, 0.1) is 24.0 Å². The number of furan rings is 1. The van der Waals surface area contributed by atoms with Crippen molar-refractivity contribution in [1.82, 2.24) is 4.98 Å². The fraction of sp³-hybridized carbons (Fsp3) is 0.111. The fourth-order valence-electron chi connectivity index (χ4n) is 2.24. The van der Waals surface area contributed by atoms with E-state index in [9.17, 15) is 14.9 Å². The molecule has 132 valence electrons. The molecule has 1 aromatic carbocycles. The molecule has 2 aromatic heterocycles. The van der Waals surface area contributed by atoms with Gasteiger partial charge in [0, 0.05) is 6.20 Å². The van der Waals surface area contributed by atoms with Crippen molar-refractivity contribution in [3.8, 4) is 11.6 Å². The average molecular weight is 353 g/mol. The first-order valence-electron chi connectivity index (χ1n) is 7.70. The van der Waals surface area contributed by atoms with Gasteiger partial charge in [0.2, 0.25) is 5.88 Å². The zero-order valence-corrected chi connectivity index (χ0v) is 14.1. The third kappa shape index (κ3) is 3.54. The molecule has 1 amide bonds. The van der Waals surface area contributed by atoms with Crippen LogP contribution in [-0.2, 0) is 0 Å². The number of amides is 1. The van der Waals surface area contributed by atoms with E-state index < -0.39 is 16.7 Å². The molecule has 0 saturated heterocycles. The highest BCUT2D eigenvalue weighted by Crippen LogP contribution is 2.30. The second-order valence-electron chi connectivity index (χ2n) is 5.51. The summed E-state index contributed by atoms with van der Waals surface area (Å²) in [6.45, 7) is 3.89. The highest BCUT2D eigenvalue weighted by atomic mass is 16.6. The summed E-state index contributed by atoms with van der Waals surface area (Å²) in [4.78, 5) is 26.4. The lowest BCUT2D eigenvalue weighted by Gasteiger charge is -2.13. The Bertz CT molecular complexity index is 980. The highest BCUT2D eigenvalue weighted by Gasteiger charge is 2.19. The minimum atomic E-state index is -0.712. The molecule has 0 atom stereocenters. The molecule has 0 saturated carbocycles. The van der Waals surface area contributed by atoms with Crippen LogP contribution in [-0.4, -0.2) is 15.8 Å². The van der Waals surface area contributed by atoms with Gasteiger partial charge in [0.25, 0.3) is 5.91 Å². The summed E-state index contributed by atoms with van der Waals surface area (Å²) >= 11 is 0. The van der Waals surface area contributed by atoms with Crippen molar-refractivity contribution >= 4 is 17.5 Å². The molecule has 1 N–H and O–H groups in total. The summed E-state index contributed by atoms with van der Waals surface area (Å²) in [6.07, 6.45) is 1.54.